The molecule has 2 aliphatic rings. The van der Waals surface area contributed by atoms with Gasteiger partial charge in [0.25, 0.3) is 0 Å². The molecule has 0 spiro atoms. The van der Waals surface area contributed by atoms with Gasteiger partial charge in [-0.3, -0.25) is 4.79 Å². The minimum absolute atomic E-state index is 0.259. The monoisotopic (exact) mass is 169 g/mol. The van der Waals surface area contributed by atoms with Crippen molar-refractivity contribution in [1.29, 1.82) is 0 Å². The summed E-state index contributed by atoms with van der Waals surface area (Å²) in [6.07, 6.45) is 5.08. The fraction of sp³-hybridized carbons (Fsp3) is 0.889. The number of carboxylic acids is 1. The fourth-order valence-corrected chi connectivity index (χ4v) is 2.94. The van der Waals surface area contributed by atoms with Crippen LogP contribution in [0.5, 0.6) is 0 Å². The Balaban J connectivity index is 2.22. The molecule has 3 atom stereocenters. The molecule has 0 bridgehead atoms. The SMILES string of the molecule is NC1(C(=O)O)CC[C@@H]2CCC[C@@H]21. The average Bonchev–Trinajstić information content (AvgIpc) is 2.54. The van der Waals surface area contributed by atoms with Crippen LogP contribution < -0.4 is 5.73 Å². The third kappa shape index (κ3) is 0.891. The summed E-state index contributed by atoms with van der Waals surface area (Å²) in [6, 6.07) is 0. The zero-order valence-corrected chi connectivity index (χ0v) is 7.12. The lowest BCUT2D eigenvalue weighted by Crippen LogP contribution is -2.51. The highest BCUT2D eigenvalue weighted by Crippen LogP contribution is 2.48. The highest BCUT2D eigenvalue weighted by Gasteiger charge is 2.52. The Bertz CT molecular complexity index is 217. The molecule has 1 unspecified atom stereocenters. The van der Waals surface area contributed by atoms with E-state index in [1.807, 2.05) is 0 Å². The van der Waals surface area contributed by atoms with Gasteiger partial charge in [-0.05, 0) is 31.1 Å². The maximum atomic E-state index is 10.9. The van der Waals surface area contributed by atoms with E-state index in [4.69, 9.17) is 10.8 Å². The standard InChI is InChI=1S/C9H15NO2/c10-9(8(11)12)5-4-6-2-1-3-7(6)9/h6-7H,1-5,10H2,(H,11,12)/t6-,7-,9?/m0/s1. The van der Waals surface area contributed by atoms with E-state index < -0.39 is 11.5 Å². The van der Waals surface area contributed by atoms with Crippen molar-refractivity contribution in [1.82, 2.24) is 0 Å². The number of hydrogen-bond acceptors (Lipinski definition) is 2. The second-order valence-corrected chi connectivity index (χ2v) is 4.18. The molecule has 0 heterocycles. The number of nitrogens with two attached hydrogens (primary N) is 1. The van der Waals surface area contributed by atoms with Crippen LogP contribution >= 0.6 is 0 Å². The van der Waals surface area contributed by atoms with Crippen molar-refractivity contribution in [2.75, 3.05) is 0 Å². The third-order valence-electron chi connectivity index (χ3n) is 3.65. The first kappa shape index (κ1) is 8.05. The van der Waals surface area contributed by atoms with Crippen LogP contribution in [0.3, 0.4) is 0 Å². The molecule has 0 aliphatic heterocycles. The maximum absolute atomic E-state index is 10.9. The zero-order chi connectivity index (χ0) is 8.77. The topological polar surface area (TPSA) is 63.3 Å². The molecule has 0 amide bonds. The van der Waals surface area contributed by atoms with E-state index >= 15 is 0 Å². The predicted octanol–water partition coefficient (Wildman–Crippen LogP) is 0.979. The number of carbonyl (C=O) groups is 1. The minimum atomic E-state index is -0.888. The van der Waals surface area contributed by atoms with E-state index in [0.717, 1.165) is 12.8 Å². The highest BCUT2D eigenvalue weighted by atomic mass is 16.4. The number of carboxylic acid groups (broad SMARTS) is 1. The molecule has 2 aliphatic carbocycles. The Morgan fingerprint density at radius 3 is 2.83 bits per heavy atom. The normalized spacial score (nSPS) is 46.1. The molecular formula is C9H15NO2. The van der Waals surface area contributed by atoms with E-state index in [1.165, 1.54) is 12.8 Å². The molecule has 0 aromatic rings. The predicted molar refractivity (Wildman–Crippen MR) is 44.6 cm³/mol. The Morgan fingerprint density at radius 2 is 2.17 bits per heavy atom. The molecule has 12 heavy (non-hydrogen) atoms. The Labute approximate surface area is 71.9 Å². The molecule has 0 saturated heterocycles. The first-order chi connectivity index (χ1) is 5.64. The van der Waals surface area contributed by atoms with E-state index in [-0.39, 0.29) is 5.92 Å². The second kappa shape index (κ2) is 2.46. The number of hydrogen-bond donors (Lipinski definition) is 2. The largest absolute Gasteiger partial charge is 0.480 e. The van der Waals surface area contributed by atoms with E-state index in [0.29, 0.717) is 12.3 Å². The summed E-state index contributed by atoms with van der Waals surface area (Å²) >= 11 is 0. The lowest BCUT2D eigenvalue weighted by atomic mass is 9.85. The van der Waals surface area contributed by atoms with E-state index in [1.54, 1.807) is 0 Å². The van der Waals surface area contributed by atoms with Crippen molar-refractivity contribution >= 4 is 5.97 Å². The van der Waals surface area contributed by atoms with Crippen molar-refractivity contribution in [2.24, 2.45) is 17.6 Å². The zero-order valence-electron chi connectivity index (χ0n) is 7.12. The summed E-state index contributed by atoms with van der Waals surface area (Å²) in [7, 11) is 0. The second-order valence-electron chi connectivity index (χ2n) is 4.18. The van der Waals surface area contributed by atoms with Gasteiger partial charge in [-0.15, -0.1) is 0 Å². The molecule has 3 N–H and O–H groups in total. The molecule has 2 fully saturated rings. The molecular weight excluding hydrogens is 154 g/mol. The van der Waals surface area contributed by atoms with Crippen LogP contribution in [0.25, 0.3) is 0 Å². The Morgan fingerprint density at radius 1 is 1.42 bits per heavy atom. The van der Waals surface area contributed by atoms with Gasteiger partial charge >= 0.3 is 5.97 Å². The van der Waals surface area contributed by atoms with Crippen molar-refractivity contribution in [3.8, 4) is 0 Å². The first-order valence-corrected chi connectivity index (χ1v) is 4.67. The Kier molecular flexibility index (Phi) is 1.65. The fourth-order valence-electron chi connectivity index (χ4n) is 2.94. The summed E-state index contributed by atoms with van der Waals surface area (Å²) < 4.78 is 0. The number of rotatable bonds is 1. The lowest BCUT2D eigenvalue weighted by molar-refractivity contribution is -0.144. The van der Waals surface area contributed by atoms with E-state index in [9.17, 15) is 4.79 Å². The van der Waals surface area contributed by atoms with Crippen molar-refractivity contribution < 1.29 is 9.90 Å². The van der Waals surface area contributed by atoms with Crippen molar-refractivity contribution in [2.45, 2.75) is 37.6 Å². The molecule has 3 heteroatoms. The molecule has 0 radical (unpaired) electrons. The molecule has 2 saturated carbocycles. The third-order valence-corrected chi connectivity index (χ3v) is 3.65. The van der Waals surface area contributed by atoms with Gasteiger partial charge in [0.15, 0.2) is 0 Å². The lowest BCUT2D eigenvalue weighted by Gasteiger charge is -2.25. The van der Waals surface area contributed by atoms with Crippen LogP contribution in [0.2, 0.25) is 0 Å². The van der Waals surface area contributed by atoms with Crippen LogP contribution in [0.1, 0.15) is 32.1 Å². The van der Waals surface area contributed by atoms with Crippen molar-refractivity contribution in [3.63, 3.8) is 0 Å². The van der Waals surface area contributed by atoms with Crippen LogP contribution in [0, 0.1) is 11.8 Å². The quantitative estimate of drug-likeness (QED) is 0.615. The van der Waals surface area contributed by atoms with Gasteiger partial charge in [-0.25, -0.2) is 0 Å². The molecule has 3 nitrogen and oxygen atoms in total. The van der Waals surface area contributed by atoms with Crippen molar-refractivity contribution in [3.05, 3.63) is 0 Å². The van der Waals surface area contributed by atoms with Crippen LogP contribution in [0.15, 0.2) is 0 Å². The number of aliphatic carboxylic acids is 1. The van der Waals surface area contributed by atoms with Gasteiger partial charge in [-0.1, -0.05) is 12.8 Å². The van der Waals surface area contributed by atoms with Gasteiger partial charge in [-0.2, -0.15) is 0 Å². The van der Waals surface area contributed by atoms with Gasteiger partial charge < -0.3 is 10.8 Å². The maximum Gasteiger partial charge on any atom is 0.323 e. The summed E-state index contributed by atoms with van der Waals surface area (Å²) in [5, 5.41) is 8.99. The molecule has 0 aromatic carbocycles. The summed E-state index contributed by atoms with van der Waals surface area (Å²) in [4.78, 5) is 10.9. The summed E-state index contributed by atoms with van der Waals surface area (Å²) in [5.41, 5.74) is 5.00. The van der Waals surface area contributed by atoms with Gasteiger partial charge in [0.05, 0.1) is 0 Å². The smallest absolute Gasteiger partial charge is 0.323 e. The first-order valence-electron chi connectivity index (χ1n) is 4.67. The molecule has 0 aromatic heterocycles. The summed E-state index contributed by atoms with van der Waals surface area (Å²) in [6.45, 7) is 0. The van der Waals surface area contributed by atoms with Gasteiger partial charge in [0, 0.05) is 0 Å². The van der Waals surface area contributed by atoms with E-state index in [2.05, 4.69) is 0 Å². The Hall–Kier alpha value is -0.570. The molecule has 68 valence electrons. The van der Waals surface area contributed by atoms with Gasteiger partial charge in [0.1, 0.15) is 5.54 Å². The van der Waals surface area contributed by atoms with Gasteiger partial charge in [0.2, 0.25) is 0 Å². The van der Waals surface area contributed by atoms with Crippen LogP contribution in [-0.4, -0.2) is 16.6 Å². The van der Waals surface area contributed by atoms with Crippen LogP contribution in [0.4, 0.5) is 0 Å². The average molecular weight is 169 g/mol. The van der Waals surface area contributed by atoms with Crippen LogP contribution in [-0.2, 0) is 4.79 Å². The number of fused-ring (bicyclic) bond motifs is 1. The summed E-state index contributed by atoms with van der Waals surface area (Å²) in [5.74, 6) is 0.0676. The highest BCUT2D eigenvalue weighted by molar-refractivity contribution is 5.79. The molecule has 2 rings (SSSR count). The minimum Gasteiger partial charge on any atom is -0.480 e.